The minimum Gasteiger partial charge on any atom is -0.351 e. The number of carbonyl (C=O) groups is 1. The Morgan fingerprint density at radius 2 is 2.21 bits per heavy atom. The highest BCUT2D eigenvalue weighted by molar-refractivity contribution is 9.10. The topological polar surface area (TPSA) is 32.3 Å². The van der Waals surface area contributed by atoms with E-state index in [9.17, 15) is 4.79 Å². The van der Waals surface area contributed by atoms with E-state index in [0.29, 0.717) is 0 Å². The lowest BCUT2D eigenvalue weighted by atomic mass is 10.0. The Bertz CT molecular complexity index is 408. The molecular formula is C15H21BrN2O. The second kappa shape index (κ2) is 7.06. The summed E-state index contributed by atoms with van der Waals surface area (Å²) in [5, 5.41) is 3.11. The summed E-state index contributed by atoms with van der Waals surface area (Å²) in [4.78, 5) is 14.0. The van der Waals surface area contributed by atoms with Gasteiger partial charge in [-0.3, -0.25) is 9.69 Å². The second-order valence-corrected chi connectivity index (χ2v) is 6.56. The van der Waals surface area contributed by atoms with Crippen LogP contribution in [0, 0.1) is 0 Å². The van der Waals surface area contributed by atoms with Crippen LogP contribution in [0.15, 0.2) is 30.3 Å². The van der Waals surface area contributed by atoms with E-state index in [0.717, 1.165) is 32.5 Å². The van der Waals surface area contributed by atoms with E-state index in [2.05, 4.69) is 50.4 Å². The number of hydrogen-bond donors (Lipinski definition) is 1. The van der Waals surface area contributed by atoms with Gasteiger partial charge in [0.15, 0.2) is 0 Å². The van der Waals surface area contributed by atoms with Crippen molar-refractivity contribution in [1.82, 2.24) is 10.2 Å². The van der Waals surface area contributed by atoms with Gasteiger partial charge in [-0.25, -0.2) is 0 Å². The Hall–Kier alpha value is -0.870. The molecule has 2 atom stereocenters. The first kappa shape index (κ1) is 14.5. The number of carbonyl (C=O) groups excluding carboxylic acids is 1. The molecule has 1 aromatic rings. The molecule has 1 aromatic carbocycles. The SMILES string of the molecule is CC(Br)C(=O)NC1CCCN(Cc2ccccc2)C1. The summed E-state index contributed by atoms with van der Waals surface area (Å²) in [6, 6.07) is 10.8. The molecule has 0 saturated carbocycles. The van der Waals surface area contributed by atoms with Gasteiger partial charge in [-0.05, 0) is 31.9 Å². The smallest absolute Gasteiger partial charge is 0.233 e. The zero-order valence-corrected chi connectivity index (χ0v) is 12.9. The fourth-order valence-corrected chi connectivity index (χ4v) is 2.61. The van der Waals surface area contributed by atoms with Crippen molar-refractivity contribution in [2.45, 2.75) is 37.2 Å². The van der Waals surface area contributed by atoms with Gasteiger partial charge >= 0.3 is 0 Å². The van der Waals surface area contributed by atoms with Crippen molar-refractivity contribution < 1.29 is 4.79 Å². The minimum absolute atomic E-state index is 0.0894. The van der Waals surface area contributed by atoms with Crippen molar-refractivity contribution in [3.63, 3.8) is 0 Å². The summed E-state index contributed by atoms with van der Waals surface area (Å²) >= 11 is 3.31. The Labute approximate surface area is 123 Å². The number of hydrogen-bond acceptors (Lipinski definition) is 2. The number of amides is 1. The van der Waals surface area contributed by atoms with Crippen molar-refractivity contribution in [1.29, 1.82) is 0 Å². The highest BCUT2D eigenvalue weighted by Gasteiger charge is 2.22. The fourth-order valence-electron chi connectivity index (χ4n) is 2.47. The summed E-state index contributed by atoms with van der Waals surface area (Å²) < 4.78 is 0. The Morgan fingerprint density at radius 3 is 2.89 bits per heavy atom. The van der Waals surface area contributed by atoms with Gasteiger partial charge in [-0.2, -0.15) is 0 Å². The molecule has 19 heavy (non-hydrogen) atoms. The Morgan fingerprint density at radius 1 is 1.47 bits per heavy atom. The van der Waals surface area contributed by atoms with Gasteiger partial charge in [0, 0.05) is 19.1 Å². The predicted octanol–water partition coefficient (Wildman–Crippen LogP) is 2.55. The van der Waals surface area contributed by atoms with Crippen LogP contribution in [0.25, 0.3) is 0 Å². The average molecular weight is 325 g/mol. The highest BCUT2D eigenvalue weighted by Crippen LogP contribution is 2.14. The summed E-state index contributed by atoms with van der Waals surface area (Å²) in [6.45, 7) is 4.89. The number of likely N-dealkylation sites (tertiary alicyclic amines) is 1. The first-order valence-corrected chi connectivity index (χ1v) is 7.77. The Kier molecular flexibility index (Phi) is 5.40. The minimum atomic E-state index is -0.114. The second-order valence-electron chi connectivity index (χ2n) is 5.18. The molecule has 1 aliphatic heterocycles. The molecule has 0 bridgehead atoms. The highest BCUT2D eigenvalue weighted by atomic mass is 79.9. The first-order chi connectivity index (χ1) is 9.15. The maximum atomic E-state index is 11.7. The van der Waals surface area contributed by atoms with E-state index in [1.54, 1.807) is 0 Å². The number of piperidine rings is 1. The lowest BCUT2D eigenvalue weighted by molar-refractivity contribution is -0.121. The fraction of sp³-hybridized carbons (Fsp3) is 0.533. The van der Waals surface area contributed by atoms with Crippen molar-refractivity contribution in [3.8, 4) is 0 Å². The van der Waals surface area contributed by atoms with Gasteiger partial charge in [-0.15, -0.1) is 0 Å². The monoisotopic (exact) mass is 324 g/mol. The Balaban J connectivity index is 1.85. The van der Waals surface area contributed by atoms with Gasteiger partial charge in [-0.1, -0.05) is 46.3 Å². The van der Waals surface area contributed by atoms with E-state index in [1.807, 2.05) is 13.0 Å². The molecule has 1 N–H and O–H groups in total. The number of rotatable bonds is 4. The molecule has 1 saturated heterocycles. The third-order valence-electron chi connectivity index (χ3n) is 3.46. The van der Waals surface area contributed by atoms with Crippen molar-refractivity contribution in [3.05, 3.63) is 35.9 Å². The largest absolute Gasteiger partial charge is 0.351 e. The summed E-state index contributed by atoms with van der Waals surface area (Å²) in [5.74, 6) is 0.0894. The molecule has 0 spiro atoms. The molecule has 3 nitrogen and oxygen atoms in total. The average Bonchev–Trinajstić information content (AvgIpc) is 2.40. The normalized spacial score (nSPS) is 21.9. The number of alkyl halides is 1. The van der Waals surface area contributed by atoms with E-state index < -0.39 is 0 Å². The summed E-state index contributed by atoms with van der Waals surface area (Å²) in [6.07, 6.45) is 2.23. The van der Waals surface area contributed by atoms with Crippen molar-refractivity contribution >= 4 is 21.8 Å². The van der Waals surface area contributed by atoms with Crippen LogP contribution in [-0.2, 0) is 11.3 Å². The summed E-state index contributed by atoms with van der Waals surface area (Å²) in [5.41, 5.74) is 1.34. The molecule has 0 aliphatic carbocycles. The number of nitrogens with one attached hydrogen (secondary N) is 1. The van der Waals surface area contributed by atoms with Gasteiger partial charge in [0.1, 0.15) is 0 Å². The first-order valence-electron chi connectivity index (χ1n) is 6.86. The molecule has 1 heterocycles. The van der Waals surface area contributed by atoms with E-state index in [1.165, 1.54) is 5.56 Å². The molecule has 2 unspecified atom stereocenters. The van der Waals surface area contributed by atoms with Gasteiger partial charge < -0.3 is 5.32 Å². The van der Waals surface area contributed by atoms with E-state index in [-0.39, 0.29) is 16.8 Å². The number of halogens is 1. The lowest BCUT2D eigenvalue weighted by Crippen LogP contribution is -2.48. The van der Waals surface area contributed by atoms with Gasteiger partial charge in [0.05, 0.1) is 4.83 Å². The number of benzene rings is 1. The maximum Gasteiger partial charge on any atom is 0.233 e. The van der Waals surface area contributed by atoms with Crippen LogP contribution in [0.1, 0.15) is 25.3 Å². The zero-order valence-electron chi connectivity index (χ0n) is 11.3. The quantitative estimate of drug-likeness (QED) is 0.863. The van der Waals surface area contributed by atoms with Crippen molar-refractivity contribution in [2.75, 3.05) is 13.1 Å². The molecule has 0 aromatic heterocycles. The van der Waals surface area contributed by atoms with Crippen LogP contribution in [0.4, 0.5) is 0 Å². The predicted molar refractivity (Wildman–Crippen MR) is 81.3 cm³/mol. The molecule has 2 rings (SSSR count). The molecule has 0 radical (unpaired) electrons. The summed E-state index contributed by atoms with van der Waals surface area (Å²) in [7, 11) is 0. The van der Waals surface area contributed by atoms with Crippen LogP contribution in [-0.4, -0.2) is 34.8 Å². The molecule has 4 heteroatoms. The molecule has 1 amide bonds. The number of nitrogens with zero attached hydrogens (tertiary/aromatic N) is 1. The third kappa shape index (κ3) is 4.62. The van der Waals surface area contributed by atoms with Crippen molar-refractivity contribution in [2.24, 2.45) is 0 Å². The zero-order chi connectivity index (χ0) is 13.7. The standard InChI is InChI=1S/C15H21BrN2O/c1-12(16)15(19)17-14-8-5-9-18(11-14)10-13-6-3-2-4-7-13/h2-4,6-7,12,14H,5,8-11H2,1H3,(H,17,19). The molecule has 1 fully saturated rings. The van der Waals surface area contributed by atoms with E-state index in [4.69, 9.17) is 0 Å². The van der Waals surface area contributed by atoms with Crippen LogP contribution in [0.5, 0.6) is 0 Å². The van der Waals surface area contributed by atoms with Crippen LogP contribution in [0.2, 0.25) is 0 Å². The van der Waals surface area contributed by atoms with Crippen LogP contribution >= 0.6 is 15.9 Å². The lowest BCUT2D eigenvalue weighted by Gasteiger charge is -2.33. The van der Waals surface area contributed by atoms with Gasteiger partial charge in [0.2, 0.25) is 5.91 Å². The third-order valence-corrected chi connectivity index (χ3v) is 3.88. The van der Waals surface area contributed by atoms with Gasteiger partial charge in [0.25, 0.3) is 0 Å². The van der Waals surface area contributed by atoms with Crippen LogP contribution < -0.4 is 5.32 Å². The maximum absolute atomic E-state index is 11.7. The van der Waals surface area contributed by atoms with E-state index >= 15 is 0 Å². The molecule has 1 aliphatic rings. The van der Waals surface area contributed by atoms with Crippen LogP contribution in [0.3, 0.4) is 0 Å². The molecular weight excluding hydrogens is 304 g/mol. The molecule has 104 valence electrons.